The molecule has 2 N–H and O–H groups in total. The summed E-state index contributed by atoms with van der Waals surface area (Å²) in [6, 6.07) is 2.14. The molecule has 0 radical (unpaired) electrons. The molecule has 1 aliphatic rings. The van der Waals surface area contributed by atoms with Crippen LogP contribution in [0.25, 0.3) is 0 Å². The third-order valence-corrected chi connectivity index (χ3v) is 3.45. The molecular weight excluding hydrogens is 278 g/mol. The first-order chi connectivity index (χ1) is 8.56. The molecule has 2 rings (SSSR count). The highest BCUT2D eigenvalue weighted by atomic mass is 35.5. The van der Waals surface area contributed by atoms with E-state index in [1.54, 1.807) is 0 Å². The van der Waals surface area contributed by atoms with Crippen LogP contribution in [0.2, 0.25) is 5.02 Å². The van der Waals surface area contributed by atoms with Gasteiger partial charge in [-0.1, -0.05) is 24.4 Å². The van der Waals surface area contributed by atoms with E-state index in [1.165, 1.54) is 12.8 Å². The van der Waals surface area contributed by atoms with Gasteiger partial charge in [-0.15, -0.1) is 0 Å². The SMILES string of the molecule is Fc1cc(F)c(NC(=S)NC2CCCC2)c(Cl)c1. The molecule has 6 heteroatoms. The smallest absolute Gasteiger partial charge is 0.171 e. The van der Waals surface area contributed by atoms with Gasteiger partial charge in [-0.2, -0.15) is 0 Å². The minimum atomic E-state index is -0.754. The van der Waals surface area contributed by atoms with Crippen molar-refractivity contribution in [3.05, 3.63) is 28.8 Å². The summed E-state index contributed by atoms with van der Waals surface area (Å²) in [7, 11) is 0. The number of hydrogen-bond donors (Lipinski definition) is 2. The molecule has 0 atom stereocenters. The topological polar surface area (TPSA) is 24.1 Å². The summed E-state index contributed by atoms with van der Waals surface area (Å²) >= 11 is 10.8. The van der Waals surface area contributed by atoms with E-state index in [1.807, 2.05) is 0 Å². The minimum absolute atomic E-state index is 0.00793. The Morgan fingerprint density at radius 1 is 1.28 bits per heavy atom. The number of thiocarbonyl (C=S) groups is 1. The van der Waals surface area contributed by atoms with Crippen molar-refractivity contribution in [3.63, 3.8) is 0 Å². The number of benzene rings is 1. The number of hydrogen-bond acceptors (Lipinski definition) is 1. The molecule has 2 nitrogen and oxygen atoms in total. The Hall–Kier alpha value is -0.940. The Morgan fingerprint density at radius 2 is 1.94 bits per heavy atom. The van der Waals surface area contributed by atoms with Crippen LogP contribution in [0.1, 0.15) is 25.7 Å². The summed E-state index contributed by atoms with van der Waals surface area (Å²) in [6.45, 7) is 0. The standard InChI is InChI=1S/C12H13ClF2N2S/c13-9-5-7(14)6-10(15)11(9)17-12(18)16-8-3-1-2-4-8/h5-6,8H,1-4H2,(H2,16,17,18). The van der Waals surface area contributed by atoms with Crippen molar-refractivity contribution in [2.75, 3.05) is 5.32 Å². The van der Waals surface area contributed by atoms with E-state index in [0.29, 0.717) is 11.2 Å². The fourth-order valence-electron chi connectivity index (χ4n) is 2.07. The average Bonchev–Trinajstić information content (AvgIpc) is 2.76. The number of rotatable bonds is 2. The molecule has 0 bridgehead atoms. The maximum absolute atomic E-state index is 13.5. The third-order valence-electron chi connectivity index (χ3n) is 2.94. The zero-order chi connectivity index (χ0) is 13.1. The van der Waals surface area contributed by atoms with Crippen molar-refractivity contribution in [1.29, 1.82) is 0 Å². The summed E-state index contributed by atoms with van der Waals surface area (Å²) in [5, 5.41) is 6.07. The summed E-state index contributed by atoms with van der Waals surface area (Å²) in [4.78, 5) is 0. The lowest BCUT2D eigenvalue weighted by atomic mass is 10.2. The van der Waals surface area contributed by atoms with Gasteiger partial charge in [0.05, 0.1) is 10.7 Å². The molecule has 0 saturated heterocycles. The van der Waals surface area contributed by atoms with E-state index in [-0.39, 0.29) is 10.7 Å². The highest BCUT2D eigenvalue weighted by molar-refractivity contribution is 7.80. The third kappa shape index (κ3) is 3.29. The zero-order valence-electron chi connectivity index (χ0n) is 9.60. The molecule has 0 unspecified atom stereocenters. The van der Waals surface area contributed by atoms with Gasteiger partial charge in [-0.3, -0.25) is 0 Å². The van der Waals surface area contributed by atoms with Crippen LogP contribution >= 0.6 is 23.8 Å². The van der Waals surface area contributed by atoms with Crippen molar-refractivity contribution in [2.45, 2.75) is 31.7 Å². The van der Waals surface area contributed by atoms with Gasteiger partial charge in [0.25, 0.3) is 0 Å². The molecule has 18 heavy (non-hydrogen) atoms. The lowest BCUT2D eigenvalue weighted by Gasteiger charge is -2.16. The van der Waals surface area contributed by atoms with Crippen molar-refractivity contribution in [3.8, 4) is 0 Å². The Balaban J connectivity index is 2.02. The Morgan fingerprint density at radius 3 is 2.56 bits per heavy atom. The molecule has 0 spiro atoms. The lowest BCUT2D eigenvalue weighted by Crippen LogP contribution is -2.36. The van der Waals surface area contributed by atoms with Gasteiger partial charge in [-0.05, 0) is 31.1 Å². The van der Waals surface area contributed by atoms with Gasteiger partial charge in [0.2, 0.25) is 0 Å². The summed E-state index contributed by atoms with van der Waals surface area (Å²) in [5.41, 5.74) is 0.00793. The predicted octanol–water partition coefficient (Wildman–Crippen LogP) is 3.85. The van der Waals surface area contributed by atoms with E-state index in [4.69, 9.17) is 23.8 Å². The molecule has 1 saturated carbocycles. The summed E-state index contributed by atoms with van der Waals surface area (Å²) in [5.74, 6) is -1.46. The van der Waals surface area contributed by atoms with Gasteiger partial charge in [0.1, 0.15) is 5.82 Å². The van der Waals surface area contributed by atoms with Gasteiger partial charge in [0.15, 0.2) is 10.9 Å². The van der Waals surface area contributed by atoms with E-state index in [2.05, 4.69) is 10.6 Å². The zero-order valence-corrected chi connectivity index (χ0v) is 11.2. The van der Waals surface area contributed by atoms with Crippen molar-refractivity contribution in [1.82, 2.24) is 5.32 Å². The van der Waals surface area contributed by atoms with Gasteiger partial charge in [-0.25, -0.2) is 8.78 Å². The van der Waals surface area contributed by atoms with Crippen LogP contribution in [0, 0.1) is 11.6 Å². The second-order valence-electron chi connectivity index (χ2n) is 4.32. The molecule has 98 valence electrons. The van der Waals surface area contributed by atoms with Gasteiger partial charge >= 0.3 is 0 Å². The largest absolute Gasteiger partial charge is 0.360 e. The lowest BCUT2D eigenvalue weighted by molar-refractivity contribution is 0.586. The second kappa shape index (κ2) is 5.80. The number of halogens is 3. The molecule has 1 fully saturated rings. The van der Waals surface area contributed by atoms with Crippen molar-refractivity contribution in [2.24, 2.45) is 0 Å². The Labute approximate surface area is 115 Å². The molecular formula is C12H13ClF2N2S. The van der Waals surface area contributed by atoms with Crippen LogP contribution in [-0.4, -0.2) is 11.2 Å². The first-order valence-electron chi connectivity index (χ1n) is 5.78. The second-order valence-corrected chi connectivity index (χ2v) is 5.14. The quantitative estimate of drug-likeness (QED) is 0.809. The molecule has 1 aromatic carbocycles. The molecule has 0 heterocycles. The fourth-order valence-corrected chi connectivity index (χ4v) is 2.58. The maximum Gasteiger partial charge on any atom is 0.171 e. The van der Waals surface area contributed by atoms with E-state index in [9.17, 15) is 8.78 Å². The minimum Gasteiger partial charge on any atom is -0.360 e. The molecule has 1 aliphatic carbocycles. The van der Waals surface area contributed by atoms with Crippen LogP contribution in [0.5, 0.6) is 0 Å². The predicted molar refractivity (Wildman–Crippen MR) is 73.0 cm³/mol. The first kappa shape index (κ1) is 13.5. The van der Waals surface area contributed by atoms with Gasteiger partial charge < -0.3 is 10.6 Å². The fraction of sp³-hybridized carbons (Fsp3) is 0.417. The normalized spacial score (nSPS) is 15.7. The monoisotopic (exact) mass is 290 g/mol. The van der Waals surface area contributed by atoms with Crippen LogP contribution in [0.3, 0.4) is 0 Å². The van der Waals surface area contributed by atoms with Crippen LogP contribution in [-0.2, 0) is 0 Å². The average molecular weight is 291 g/mol. The Kier molecular flexibility index (Phi) is 4.35. The van der Waals surface area contributed by atoms with Crippen molar-refractivity contribution < 1.29 is 8.78 Å². The number of anilines is 1. The van der Waals surface area contributed by atoms with Crippen LogP contribution in [0.15, 0.2) is 12.1 Å². The van der Waals surface area contributed by atoms with E-state index in [0.717, 1.165) is 25.0 Å². The molecule has 0 aliphatic heterocycles. The van der Waals surface area contributed by atoms with Crippen molar-refractivity contribution >= 4 is 34.6 Å². The highest BCUT2D eigenvalue weighted by Gasteiger charge is 2.17. The molecule has 0 amide bonds. The summed E-state index contributed by atoms with van der Waals surface area (Å²) < 4.78 is 26.4. The Bertz CT molecular complexity index is 438. The number of nitrogens with one attached hydrogen (secondary N) is 2. The summed E-state index contributed by atoms with van der Waals surface area (Å²) in [6.07, 6.45) is 4.46. The van der Waals surface area contributed by atoms with E-state index >= 15 is 0 Å². The van der Waals surface area contributed by atoms with Gasteiger partial charge in [0, 0.05) is 12.1 Å². The molecule has 1 aromatic rings. The van der Waals surface area contributed by atoms with Crippen LogP contribution in [0.4, 0.5) is 14.5 Å². The maximum atomic E-state index is 13.5. The highest BCUT2D eigenvalue weighted by Crippen LogP contribution is 2.26. The first-order valence-corrected chi connectivity index (χ1v) is 6.57. The molecule has 0 aromatic heterocycles. The van der Waals surface area contributed by atoms with E-state index < -0.39 is 11.6 Å². The van der Waals surface area contributed by atoms with Crippen LogP contribution < -0.4 is 10.6 Å².